The van der Waals surface area contributed by atoms with Gasteiger partial charge in [0.25, 0.3) is 5.92 Å². The van der Waals surface area contributed by atoms with E-state index in [0.29, 0.717) is 5.56 Å². The van der Waals surface area contributed by atoms with Crippen LogP contribution in [0.2, 0.25) is 0 Å². The molecule has 11 heteroatoms. The van der Waals surface area contributed by atoms with Crippen LogP contribution in [0.25, 0.3) is 0 Å². The lowest BCUT2D eigenvalue weighted by Gasteiger charge is -2.37. The van der Waals surface area contributed by atoms with Crippen LogP contribution in [-0.2, 0) is 10.7 Å². The fourth-order valence-corrected chi connectivity index (χ4v) is 3.43. The summed E-state index contributed by atoms with van der Waals surface area (Å²) in [5.74, 6) is -5.49. The molecule has 2 aliphatic rings. The second-order valence-electron chi connectivity index (χ2n) is 6.79. The van der Waals surface area contributed by atoms with Crippen LogP contribution in [0.1, 0.15) is 31.0 Å². The number of alkyl halides is 5. The maximum absolute atomic E-state index is 13.4. The number of fused-ring (bicyclic) bond motifs is 1. The molecule has 5 unspecified atom stereocenters. The zero-order valence-electron chi connectivity index (χ0n) is 14.4. The highest BCUT2D eigenvalue weighted by atomic mass is 19.4. The van der Waals surface area contributed by atoms with Gasteiger partial charge in [-0.15, -0.1) is 0 Å². The largest absolute Gasteiger partial charge is 0.406 e. The molecular weight excluding hydrogens is 375 g/mol. The number of halogens is 5. The Hall–Kier alpha value is -1.82. The number of aliphatic hydroxyl groups excluding tert-OH is 1. The number of hydrogen-bond donors (Lipinski definition) is 4. The lowest BCUT2D eigenvalue weighted by molar-refractivity contribution is -0.172. The summed E-state index contributed by atoms with van der Waals surface area (Å²) in [4.78, 5) is 12.0. The average Bonchev–Trinajstić information content (AvgIpc) is 2.93. The van der Waals surface area contributed by atoms with Crippen molar-refractivity contribution in [2.24, 2.45) is 5.92 Å². The van der Waals surface area contributed by atoms with Crippen LogP contribution in [0.4, 0.5) is 22.0 Å². The van der Waals surface area contributed by atoms with Gasteiger partial charge in [-0.25, -0.2) is 19.2 Å². The Kier molecular flexibility index (Phi) is 4.91. The Morgan fingerprint density at radius 1 is 1.15 bits per heavy atom. The number of hydrazine groups is 1. The third-order valence-electron chi connectivity index (χ3n) is 4.87. The summed E-state index contributed by atoms with van der Waals surface area (Å²) in [7, 11) is 0. The second-order valence-corrected chi connectivity index (χ2v) is 6.79. The van der Waals surface area contributed by atoms with Gasteiger partial charge in [0, 0.05) is 18.5 Å². The van der Waals surface area contributed by atoms with E-state index in [2.05, 4.69) is 10.7 Å². The first-order valence-electron chi connectivity index (χ1n) is 8.23. The van der Waals surface area contributed by atoms with Crippen molar-refractivity contribution in [1.29, 1.82) is 0 Å². The molecule has 0 spiro atoms. The third-order valence-corrected chi connectivity index (χ3v) is 4.87. The summed E-state index contributed by atoms with van der Waals surface area (Å²) in [6, 6.07) is 2.36. The van der Waals surface area contributed by atoms with Gasteiger partial charge in [-0.05, 0) is 12.5 Å². The van der Waals surface area contributed by atoms with Crippen molar-refractivity contribution >= 4 is 5.91 Å². The molecule has 4 N–H and O–H groups in total. The van der Waals surface area contributed by atoms with Crippen molar-refractivity contribution in [1.82, 2.24) is 21.1 Å². The Bertz CT molecular complexity index is 706. The van der Waals surface area contributed by atoms with E-state index in [1.54, 1.807) is 6.92 Å². The molecule has 2 fully saturated rings. The topological polar surface area (TPSA) is 76.6 Å². The zero-order valence-corrected chi connectivity index (χ0v) is 14.4. The van der Waals surface area contributed by atoms with E-state index in [9.17, 15) is 31.9 Å². The van der Waals surface area contributed by atoms with Crippen LogP contribution in [0.15, 0.2) is 24.3 Å². The smallest absolute Gasteiger partial charge is 0.361 e. The number of benzene rings is 1. The summed E-state index contributed by atoms with van der Waals surface area (Å²) in [5, 5.41) is 15.4. The predicted octanol–water partition coefficient (Wildman–Crippen LogP) is 1.55. The van der Waals surface area contributed by atoms with Crippen molar-refractivity contribution in [2.75, 3.05) is 0 Å². The number of rotatable bonds is 3. The molecule has 150 valence electrons. The van der Waals surface area contributed by atoms with E-state index < -0.39 is 48.5 Å². The molecule has 0 saturated carbocycles. The minimum absolute atomic E-state index is 0.218. The molecule has 2 saturated heterocycles. The quantitative estimate of drug-likeness (QED) is 0.586. The highest BCUT2D eigenvalue weighted by molar-refractivity contribution is 5.81. The number of nitrogens with zero attached hydrogens (tertiary/aromatic N) is 1. The van der Waals surface area contributed by atoms with Crippen LogP contribution in [-0.4, -0.2) is 40.8 Å². The van der Waals surface area contributed by atoms with Gasteiger partial charge in [0.1, 0.15) is 6.04 Å². The molecule has 5 atom stereocenters. The Morgan fingerprint density at radius 3 is 2.26 bits per heavy atom. The third kappa shape index (κ3) is 3.77. The van der Waals surface area contributed by atoms with Gasteiger partial charge in [0.15, 0.2) is 6.35 Å². The first-order valence-corrected chi connectivity index (χ1v) is 8.23. The molecule has 0 aromatic heterocycles. The lowest BCUT2D eigenvalue weighted by Crippen LogP contribution is -2.65. The summed E-state index contributed by atoms with van der Waals surface area (Å²) in [5.41, 5.74) is 2.55. The molecule has 1 amide bonds. The monoisotopic (exact) mass is 394 g/mol. The van der Waals surface area contributed by atoms with E-state index >= 15 is 0 Å². The molecular formula is C16H19F5N4O2. The van der Waals surface area contributed by atoms with Crippen LogP contribution < -0.4 is 16.1 Å². The predicted molar refractivity (Wildman–Crippen MR) is 83.8 cm³/mol. The zero-order chi connectivity index (χ0) is 20.1. The molecule has 2 heterocycles. The number of amides is 1. The van der Waals surface area contributed by atoms with Gasteiger partial charge < -0.3 is 10.4 Å². The van der Waals surface area contributed by atoms with Gasteiger partial charge in [-0.1, -0.05) is 24.3 Å². The van der Waals surface area contributed by atoms with Crippen molar-refractivity contribution in [3.05, 3.63) is 35.4 Å². The van der Waals surface area contributed by atoms with Crippen molar-refractivity contribution < 1.29 is 31.9 Å². The normalized spacial score (nSPS) is 30.7. The number of nitrogens with one attached hydrogen (secondary N) is 3. The van der Waals surface area contributed by atoms with Crippen LogP contribution >= 0.6 is 0 Å². The molecule has 3 rings (SSSR count). The second kappa shape index (κ2) is 6.66. The highest BCUT2D eigenvalue weighted by Crippen LogP contribution is 2.38. The summed E-state index contributed by atoms with van der Waals surface area (Å²) >= 11 is 0. The molecule has 0 bridgehead atoms. The van der Waals surface area contributed by atoms with Gasteiger partial charge in [0.2, 0.25) is 5.91 Å². The fraction of sp³-hybridized carbons (Fsp3) is 0.562. The van der Waals surface area contributed by atoms with Crippen molar-refractivity contribution in [3.63, 3.8) is 0 Å². The van der Waals surface area contributed by atoms with Crippen LogP contribution in [0.3, 0.4) is 0 Å². The van der Waals surface area contributed by atoms with Gasteiger partial charge >= 0.3 is 6.18 Å². The van der Waals surface area contributed by atoms with E-state index in [1.165, 1.54) is 29.3 Å². The van der Waals surface area contributed by atoms with Crippen molar-refractivity contribution in [2.45, 2.75) is 50.5 Å². The summed E-state index contributed by atoms with van der Waals surface area (Å²) in [6.07, 6.45) is -7.33. The van der Waals surface area contributed by atoms with Gasteiger partial charge in [-0.3, -0.25) is 10.1 Å². The maximum Gasteiger partial charge on any atom is 0.406 e. The number of carbonyl (C=O) groups is 1. The molecule has 0 aliphatic carbocycles. The number of carbonyl (C=O) groups excluding carboxylic acids is 1. The maximum atomic E-state index is 13.4. The van der Waals surface area contributed by atoms with E-state index in [-0.39, 0.29) is 5.56 Å². The molecule has 0 radical (unpaired) electrons. The molecule has 1 aromatic carbocycles. The molecule has 27 heavy (non-hydrogen) atoms. The molecule has 2 aliphatic heterocycles. The number of hydrogen-bond acceptors (Lipinski definition) is 5. The Balaban J connectivity index is 1.89. The lowest BCUT2D eigenvalue weighted by atomic mass is 9.95. The minimum atomic E-state index is -4.70. The standard InChI is InChI=1S/C16H19F5N4O2/c1-7(8-3-5-9(6-4-8)15(2,17)18)25-12-10(11(24-25)16(19,20)21)13(26)23-14(27)22-12/h3-7,10-12,14,22,24,27H,1-2H3,(H,23,26). The minimum Gasteiger partial charge on any atom is -0.361 e. The first-order chi connectivity index (χ1) is 12.4. The fourth-order valence-electron chi connectivity index (χ4n) is 3.43. The first kappa shape index (κ1) is 19.9. The molecule has 6 nitrogen and oxygen atoms in total. The van der Waals surface area contributed by atoms with Crippen LogP contribution in [0, 0.1) is 5.92 Å². The van der Waals surface area contributed by atoms with E-state index in [4.69, 9.17) is 0 Å². The molecule has 1 aromatic rings. The van der Waals surface area contributed by atoms with Gasteiger partial charge in [-0.2, -0.15) is 13.2 Å². The SMILES string of the molecule is CC(c1ccc(C(C)(F)F)cc1)N1NC(C(F)(F)F)C2C(=O)NC(O)NC21. The summed E-state index contributed by atoms with van der Waals surface area (Å²) < 4.78 is 66.8. The van der Waals surface area contributed by atoms with E-state index in [0.717, 1.165) is 6.92 Å². The number of aliphatic hydroxyl groups is 1. The average molecular weight is 394 g/mol. The van der Waals surface area contributed by atoms with Crippen LogP contribution in [0.5, 0.6) is 0 Å². The summed E-state index contributed by atoms with van der Waals surface area (Å²) in [6.45, 7) is 2.32. The Morgan fingerprint density at radius 2 is 1.74 bits per heavy atom. The van der Waals surface area contributed by atoms with E-state index in [1.807, 2.05) is 5.32 Å². The highest BCUT2D eigenvalue weighted by Gasteiger charge is 2.59. The van der Waals surface area contributed by atoms with Gasteiger partial charge in [0.05, 0.1) is 12.1 Å². The van der Waals surface area contributed by atoms with Crippen molar-refractivity contribution in [3.8, 4) is 0 Å². The Labute approximate surface area is 151 Å².